The molecule has 0 saturated heterocycles. The molecule has 0 spiro atoms. The number of hydrogen-bond acceptors (Lipinski definition) is 2. The second kappa shape index (κ2) is 4.47. The smallest absolute Gasteiger partial charge is 0.137 e. The summed E-state index contributed by atoms with van der Waals surface area (Å²) < 4.78 is 18.4. The molecule has 3 heteroatoms. The van der Waals surface area contributed by atoms with Crippen LogP contribution in [0.1, 0.15) is 24.8 Å². The van der Waals surface area contributed by atoms with Gasteiger partial charge in [-0.05, 0) is 30.2 Å². The molecule has 0 unspecified atom stereocenters. The number of rotatable bonds is 2. The highest BCUT2D eigenvalue weighted by Gasteiger charge is 2.15. The summed E-state index contributed by atoms with van der Waals surface area (Å²) >= 11 is 0. The van der Waals surface area contributed by atoms with Gasteiger partial charge in [0.05, 0.1) is 7.11 Å². The van der Waals surface area contributed by atoms with Crippen molar-refractivity contribution >= 4 is 11.4 Å². The predicted molar refractivity (Wildman–Crippen MR) is 59.8 cm³/mol. The number of methoxy groups -OCH3 is 1. The molecule has 0 amide bonds. The van der Waals surface area contributed by atoms with Gasteiger partial charge in [-0.1, -0.05) is 6.08 Å². The van der Waals surface area contributed by atoms with Crippen LogP contribution in [-0.4, -0.2) is 12.9 Å². The van der Waals surface area contributed by atoms with E-state index in [1.54, 1.807) is 13.2 Å². The number of Topliss-reactive ketones (excluding diaryl/α,β-unsaturated/α-hetero) is 1. The topological polar surface area (TPSA) is 26.3 Å². The fraction of sp³-hybridized carbons (Fsp3) is 0.308. The van der Waals surface area contributed by atoms with Gasteiger partial charge in [-0.25, -0.2) is 4.39 Å². The molecule has 0 aromatic heterocycles. The van der Waals surface area contributed by atoms with Gasteiger partial charge in [-0.3, -0.25) is 4.79 Å². The van der Waals surface area contributed by atoms with Crippen molar-refractivity contribution in [2.24, 2.45) is 0 Å². The minimum absolute atomic E-state index is 0.235. The van der Waals surface area contributed by atoms with E-state index in [-0.39, 0.29) is 11.6 Å². The van der Waals surface area contributed by atoms with Gasteiger partial charge in [0, 0.05) is 18.4 Å². The van der Waals surface area contributed by atoms with Crippen LogP contribution in [0.5, 0.6) is 5.75 Å². The average Bonchev–Trinajstić information content (AvgIpc) is 2.30. The lowest BCUT2D eigenvalue weighted by molar-refractivity contribution is -0.118. The van der Waals surface area contributed by atoms with E-state index in [1.165, 1.54) is 12.1 Å². The zero-order valence-electron chi connectivity index (χ0n) is 9.13. The molecule has 0 saturated carbocycles. The molecule has 1 aromatic rings. The lowest BCUT2D eigenvalue weighted by atomic mass is 9.92. The molecule has 1 aliphatic rings. The van der Waals surface area contributed by atoms with Crippen molar-refractivity contribution in [3.05, 3.63) is 35.7 Å². The minimum Gasteiger partial charge on any atom is -0.496 e. The standard InChI is InChI=1S/C13H13FO2/c1-16-13-7-4-10(14)8-12(13)9-2-5-11(15)6-3-9/h2,4,7-8H,3,5-6H2,1H3. The van der Waals surface area contributed by atoms with E-state index < -0.39 is 0 Å². The summed E-state index contributed by atoms with van der Waals surface area (Å²) in [6.45, 7) is 0. The average molecular weight is 220 g/mol. The number of carbonyl (C=O) groups is 1. The van der Waals surface area contributed by atoms with Crippen LogP contribution in [-0.2, 0) is 4.79 Å². The second-order valence-electron chi connectivity index (χ2n) is 3.82. The molecule has 0 N–H and O–H groups in total. The largest absolute Gasteiger partial charge is 0.496 e. The summed E-state index contributed by atoms with van der Waals surface area (Å²) in [5, 5.41) is 0. The van der Waals surface area contributed by atoms with Gasteiger partial charge in [-0.2, -0.15) is 0 Å². The molecule has 0 bridgehead atoms. The van der Waals surface area contributed by atoms with Crippen molar-refractivity contribution in [2.75, 3.05) is 7.11 Å². The van der Waals surface area contributed by atoms with E-state index >= 15 is 0 Å². The van der Waals surface area contributed by atoms with Gasteiger partial charge in [0.2, 0.25) is 0 Å². The maximum absolute atomic E-state index is 13.2. The first-order chi connectivity index (χ1) is 7.70. The summed E-state index contributed by atoms with van der Waals surface area (Å²) in [5.41, 5.74) is 1.76. The lowest BCUT2D eigenvalue weighted by Crippen LogP contribution is -2.04. The molecule has 0 atom stereocenters. The van der Waals surface area contributed by atoms with Crippen molar-refractivity contribution in [1.82, 2.24) is 0 Å². The lowest BCUT2D eigenvalue weighted by Gasteiger charge is -2.15. The zero-order chi connectivity index (χ0) is 11.5. The summed E-state index contributed by atoms with van der Waals surface area (Å²) in [6, 6.07) is 4.44. The van der Waals surface area contributed by atoms with Crippen molar-refractivity contribution < 1.29 is 13.9 Å². The molecule has 2 nitrogen and oxygen atoms in total. The van der Waals surface area contributed by atoms with Crippen LogP contribution in [0.15, 0.2) is 24.3 Å². The molecule has 2 rings (SSSR count). The fourth-order valence-corrected chi connectivity index (χ4v) is 1.89. The van der Waals surface area contributed by atoms with Crippen LogP contribution in [0.2, 0.25) is 0 Å². The first-order valence-electron chi connectivity index (χ1n) is 5.25. The third-order valence-electron chi connectivity index (χ3n) is 2.76. The summed E-state index contributed by atoms with van der Waals surface area (Å²) in [5.74, 6) is 0.606. The number of allylic oxidation sites excluding steroid dienone is 2. The highest BCUT2D eigenvalue weighted by atomic mass is 19.1. The summed E-state index contributed by atoms with van der Waals surface area (Å²) in [7, 11) is 1.56. The van der Waals surface area contributed by atoms with Gasteiger partial charge in [0.15, 0.2) is 0 Å². The normalized spacial score (nSPS) is 15.9. The van der Waals surface area contributed by atoms with Crippen LogP contribution in [0.4, 0.5) is 4.39 Å². The Morgan fingerprint density at radius 1 is 1.31 bits per heavy atom. The van der Waals surface area contributed by atoms with Crippen molar-refractivity contribution in [3.8, 4) is 5.75 Å². The Bertz CT molecular complexity index is 449. The molecule has 16 heavy (non-hydrogen) atoms. The molecular formula is C13H13FO2. The number of hydrogen-bond donors (Lipinski definition) is 0. The van der Waals surface area contributed by atoms with E-state index in [9.17, 15) is 9.18 Å². The maximum atomic E-state index is 13.2. The highest BCUT2D eigenvalue weighted by Crippen LogP contribution is 2.32. The Balaban J connectivity index is 2.39. The predicted octanol–water partition coefficient (Wildman–Crippen LogP) is 2.97. The van der Waals surface area contributed by atoms with Crippen LogP contribution in [0, 0.1) is 5.82 Å². The van der Waals surface area contributed by atoms with E-state index in [1.807, 2.05) is 6.08 Å². The molecular weight excluding hydrogens is 207 g/mol. The molecule has 1 aliphatic carbocycles. The number of ether oxygens (including phenoxy) is 1. The fourth-order valence-electron chi connectivity index (χ4n) is 1.89. The Morgan fingerprint density at radius 3 is 2.75 bits per heavy atom. The highest BCUT2D eigenvalue weighted by molar-refractivity contribution is 5.87. The monoisotopic (exact) mass is 220 g/mol. The Kier molecular flexibility index (Phi) is 3.04. The van der Waals surface area contributed by atoms with Gasteiger partial charge in [-0.15, -0.1) is 0 Å². The molecule has 0 fully saturated rings. The number of benzene rings is 1. The van der Waals surface area contributed by atoms with Gasteiger partial charge in [0.25, 0.3) is 0 Å². The Hall–Kier alpha value is -1.64. The molecule has 0 radical (unpaired) electrons. The summed E-state index contributed by atoms with van der Waals surface area (Å²) in [6.07, 6.45) is 3.50. The SMILES string of the molecule is COc1ccc(F)cc1C1=CCC(=O)CC1. The number of halogens is 1. The molecule has 1 aromatic carbocycles. The van der Waals surface area contributed by atoms with Gasteiger partial charge >= 0.3 is 0 Å². The van der Waals surface area contributed by atoms with Crippen LogP contribution in [0.25, 0.3) is 5.57 Å². The van der Waals surface area contributed by atoms with Crippen molar-refractivity contribution in [3.63, 3.8) is 0 Å². The molecule has 0 heterocycles. The first kappa shape index (κ1) is 10.9. The number of ketones is 1. The van der Waals surface area contributed by atoms with E-state index in [4.69, 9.17) is 4.74 Å². The Morgan fingerprint density at radius 2 is 2.12 bits per heavy atom. The number of carbonyl (C=O) groups excluding carboxylic acids is 1. The first-order valence-corrected chi connectivity index (χ1v) is 5.25. The zero-order valence-corrected chi connectivity index (χ0v) is 9.13. The van der Waals surface area contributed by atoms with E-state index in [0.29, 0.717) is 25.0 Å². The van der Waals surface area contributed by atoms with Crippen molar-refractivity contribution in [1.29, 1.82) is 0 Å². The van der Waals surface area contributed by atoms with Gasteiger partial charge in [0.1, 0.15) is 17.3 Å². The quantitative estimate of drug-likeness (QED) is 0.765. The van der Waals surface area contributed by atoms with E-state index in [0.717, 1.165) is 11.1 Å². The van der Waals surface area contributed by atoms with Gasteiger partial charge < -0.3 is 4.74 Å². The van der Waals surface area contributed by atoms with E-state index in [2.05, 4.69) is 0 Å². The molecule has 0 aliphatic heterocycles. The molecule has 84 valence electrons. The minimum atomic E-state index is -0.284. The summed E-state index contributed by atoms with van der Waals surface area (Å²) in [4.78, 5) is 11.1. The van der Waals surface area contributed by atoms with Crippen LogP contribution >= 0.6 is 0 Å². The Labute approximate surface area is 93.7 Å². The van der Waals surface area contributed by atoms with Crippen LogP contribution in [0.3, 0.4) is 0 Å². The third kappa shape index (κ3) is 2.13. The van der Waals surface area contributed by atoms with Crippen molar-refractivity contribution in [2.45, 2.75) is 19.3 Å². The second-order valence-corrected chi connectivity index (χ2v) is 3.82. The maximum Gasteiger partial charge on any atom is 0.137 e. The third-order valence-corrected chi connectivity index (χ3v) is 2.76. The van der Waals surface area contributed by atoms with Crippen LogP contribution < -0.4 is 4.74 Å².